The van der Waals surface area contributed by atoms with Gasteiger partial charge in [0, 0.05) is 12.6 Å². The summed E-state index contributed by atoms with van der Waals surface area (Å²) < 4.78 is 0.644. The van der Waals surface area contributed by atoms with E-state index >= 15 is 0 Å². The van der Waals surface area contributed by atoms with E-state index in [0.717, 1.165) is 12.8 Å². The Hall–Kier alpha value is -0.420. The summed E-state index contributed by atoms with van der Waals surface area (Å²) in [6.45, 7) is 2.60. The lowest BCUT2D eigenvalue weighted by molar-refractivity contribution is 0.0711. The largest absolute Gasteiger partial charge is 0.395 e. The molecule has 2 rings (SSSR count). The Morgan fingerprint density at radius 3 is 2.74 bits per heavy atom. The zero-order valence-corrected chi connectivity index (χ0v) is 12.7. The highest BCUT2D eigenvalue weighted by atomic mass is 35.5. The molecule has 5 heteroatoms. The van der Waals surface area contributed by atoms with E-state index in [1.54, 1.807) is 12.1 Å². The van der Waals surface area contributed by atoms with Gasteiger partial charge < -0.3 is 5.11 Å². The lowest BCUT2D eigenvalue weighted by atomic mass is 10.1. The number of carbonyl (C=O) groups is 1. The van der Waals surface area contributed by atoms with Gasteiger partial charge in [0.15, 0.2) is 5.78 Å². The summed E-state index contributed by atoms with van der Waals surface area (Å²) in [7, 11) is 0. The van der Waals surface area contributed by atoms with E-state index in [-0.39, 0.29) is 18.4 Å². The first-order valence-electron chi connectivity index (χ1n) is 6.79. The monoisotopic (exact) mass is 301 g/mol. The van der Waals surface area contributed by atoms with Crippen molar-refractivity contribution in [3.63, 3.8) is 0 Å². The molecule has 1 fully saturated rings. The van der Waals surface area contributed by atoms with Crippen LogP contribution in [0.15, 0.2) is 12.1 Å². The van der Waals surface area contributed by atoms with Gasteiger partial charge in [-0.15, -0.1) is 11.3 Å². The van der Waals surface area contributed by atoms with Crippen LogP contribution >= 0.6 is 22.9 Å². The van der Waals surface area contributed by atoms with Crippen molar-refractivity contribution in [2.75, 3.05) is 13.2 Å². The number of carbonyl (C=O) groups excluding carboxylic acids is 1. The van der Waals surface area contributed by atoms with Crippen molar-refractivity contribution >= 4 is 28.7 Å². The van der Waals surface area contributed by atoms with Gasteiger partial charge in [-0.05, 0) is 31.9 Å². The van der Waals surface area contributed by atoms with Gasteiger partial charge in [-0.25, -0.2) is 0 Å². The molecule has 1 aliphatic carbocycles. The molecule has 1 heterocycles. The summed E-state index contributed by atoms with van der Waals surface area (Å²) in [6, 6.07) is 3.79. The topological polar surface area (TPSA) is 40.5 Å². The third-order valence-corrected chi connectivity index (χ3v) is 5.09. The molecule has 1 N–H and O–H groups in total. The zero-order chi connectivity index (χ0) is 13.8. The van der Waals surface area contributed by atoms with Crippen molar-refractivity contribution in [1.82, 2.24) is 4.90 Å². The Morgan fingerprint density at radius 2 is 2.21 bits per heavy atom. The van der Waals surface area contributed by atoms with Crippen LogP contribution < -0.4 is 0 Å². The summed E-state index contributed by atoms with van der Waals surface area (Å²) >= 11 is 7.22. The normalized spacial score (nSPS) is 18.1. The minimum absolute atomic E-state index is 0.0965. The first-order valence-corrected chi connectivity index (χ1v) is 7.99. The van der Waals surface area contributed by atoms with Crippen molar-refractivity contribution in [2.24, 2.45) is 0 Å². The molecule has 0 spiro atoms. The maximum atomic E-state index is 12.5. The lowest BCUT2D eigenvalue weighted by Gasteiger charge is -2.32. The number of halogens is 1. The van der Waals surface area contributed by atoms with Crippen LogP contribution in [0.2, 0.25) is 4.34 Å². The number of hydrogen-bond acceptors (Lipinski definition) is 4. The number of Topliss-reactive ketones (excluding diaryl/α,β-unsaturated/α-hetero) is 1. The SMILES string of the molecule is CC(C(=O)c1ccc(Cl)s1)N(CCO)C1CCCC1. The predicted octanol–water partition coefficient (Wildman–Crippen LogP) is 3.21. The average Bonchev–Trinajstić information content (AvgIpc) is 3.05. The van der Waals surface area contributed by atoms with Crippen LogP contribution in [0.1, 0.15) is 42.3 Å². The van der Waals surface area contributed by atoms with Crippen LogP contribution in [0.5, 0.6) is 0 Å². The fourth-order valence-electron chi connectivity index (χ4n) is 2.85. The quantitative estimate of drug-likeness (QED) is 0.820. The molecule has 0 aliphatic heterocycles. The molecule has 0 bridgehead atoms. The standard InChI is InChI=1S/C14H20ClNO2S/c1-10(14(18)12-6-7-13(15)19-12)16(8-9-17)11-4-2-3-5-11/h6-7,10-11,17H,2-5,8-9H2,1H3. The molecular formula is C14H20ClNO2S. The first kappa shape index (κ1) is 15.0. The van der Waals surface area contributed by atoms with Crippen molar-refractivity contribution in [3.05, 3.63) is 21.3 Å². The van der Waals surface area contributed by atoms with E-state index in [1.807, 2.05) is 6.92 Å². The number of ketones is 1. The summed E-state index contributed by atoms with van der Waals surface area (Å²) in [5.41, 5.74) is 0. The van der Waals surface area contributed by atoms with Crippen molar-refractivity contribution < 1.29 is 9.90 Å². The molecule has 0 radical (unpaired) electrons. The second-order valence-electron chi connectivity index (χ2n) is 5.04. The number of aliphatic hydroxyl groups excluding tert-OH is 1. The fourth-order valence-corrected chi connectivity index (χ4v) is 3.91. The van der Waals surface area contributed by atoms with E-state index in [1.165, 1.54) is 24.2 Å². The fraction of sp³-hybridized carbons (Fsp3) is 0.643. The lowest BCUT2D eigenvalue weighted by Crippen LogP contribution is -2.46. The number of aliphatic hydroxyl groups is 1. The Balaban J connectivity index is 2.09. The van der Waals surface area contributed by atoms with Crippen LogP contribution in [-0.2, 0) is 0 Å². The number of hydrogen-bond donors (Lipinski definition) is 1. The van der Waals surface area contributed by atoms with Crippen molar-refractivity contribution in [1.29, 1.82) is 0 Å². The second-order valence-corrected chi connectivity index (χ2v) is 6.76. The van der Waals surface area contributed by atoms with Gasteiger partial charge in [-0.3, -0.25) is 9.69 Å². The molecule has 0 saturated heterocycles. The summed E-state index contributed by atoms with van der Waals surface area (Å²) in [5.74, 6) is 0.109. The Morgan fingerprint density at radius 1 is 1.53 bits per heavy atom. The van der Waals surface area contributed by atoms with Crippen LogP contribution in [0.25, 0.3) is 0 Å². The maximum absolute atomic E-state index is 12.5. The molecule has 0 amide bonds. The van der Waals surface area contributed by atoms with Gasteiger partial charge in [0.05, 0.1) is 21.9 Å². The molecule has 1 aliphatic rings. The molecule has 106 valence electrons. The summed E-state index contributed by atoms with van der Waals surface area (Å²) in [5, 5.41) is 9.23. The molecule has 3 nitrogen and oxygen atoms in total. The minimum Gasteiger partial charge on any atom is -0.395 e. The van der Waals surface area contributed by atoms with E-state index in [9.17, 15) is 9.90 Å². The van der Waals surface area contributed by atoms with E-state index in [4.69, 9.17) is 11.6 Å². The van der Waals surface area contributed by atoms with E-state index in [2.05, 4.69) is 4.90 Å². The minimum atomic E-state index is -0.190. The van der Waals surface area contributed by atoms with Gasteiger partial charge in [-0.2, -0.15) is 0 Å². The average molecular weight is 302 g/mol. The van der Waals surface area contributed by atoms with Crippen LogP contribution in [0.3, 0.4) is 0 Å². The van der Waals surface area contributed by atoms with Crippen molar-refractivity contribution in [3.8, 4) is 0 Å². The van der Waals surface area contributed by atoms with Gasteiger partial charge in [0.25, 0.3) is 0 Å². The molecule has 19 heavy (non-hydrogen) atoms. The van der Waals surface area contributed by atoms with Crippen LogP contribution in [0.4, 0.5) is 0 Å². The van der Waals surface area contributed by atoms with Crippen molar-refractivity contribution in [2.45, 2.75) is 44.7 Å². The molecule has 1 unspecified atom stereocenters. The molecule has 1 aromatic heterocycles. The number of nitrogens with zero attached hydrogens (tertiary/aromatic N) is 1. The zero-order valence-electron chi connectivity index (χ0n) is 11.1. The maximum Gasteiger partial charge on any atom is 0.189 e. The second kappa shape index (κ2) is 6.84. The van der Waals surface area contributed by atoms with Gasteiger partial charge in [0.2, 0.25) is 0 Å². The Bertz CT molecular complexity index is 429. The predicted molar refractivity (Wildman–Crippen MR) is 79.2 cm³/mol. The number of thiophene rings is 1. The van der Waals surface area contributed by atoms with E-state index < -0.39 is 0 Å². The van der Waals surface area contributed by atoms with Gasteiger partial charge in [0.1, 0.15) is 0 Å². The Kier molecular flexibility index (Phi) is 5.39. The van der Waals surface area contributed by atoms with Gasteiger partial charge in [-0.1, -0.05) is 24.4 Å². The summed E-state index contributed by atoms with van der Waals surface area (Å²) in [6.07, 6.45) is 4.70. The first-order chi connectivity index (χ1) is 9.13. The van der Waals surface area contributed by atoms with Gasteiger partial charge >= 0.3 is 0 Å². The highest BCUT2D eigenvalue weighted by Crippen LogP contribution is 2.28. The third-order valence-electron chi connectivity index (χ3n) is 3.84. The van der Waals surface area contributed by atoms with Crippen LogP contribution in [0, 0.1) is 0 Å². The Labute approximate surface area is 123 Å². The molecule has 1 atom stereocenters. The number of rotatable bonds is 6. The highest BCUT2D eigenvalue weighted by molar-refractivity contribution is 7.18. The van der Waals surface area contributed by atoms with E-state index in [0.29, 0.717) is 21.8 Å². The molecule has 0 aromatic carbocycles. The van der Waals surface area contributed by atoms with Crippen LogP contribution in [-0.4, -0.2) is 41.0 Å². The molecule has 1 aromatic rings. The molecule has 1 saturated carbocycles. The molecular weight excluding hydrogens is 282 g/mol. The third kappa shape index (κ3) is 3.57. The smallest absolute Gasteiger partial charge is 0.189 e. The summed E-state index contributed by atoms with van der Waals surface area (Å²) in [4.78, 5) is 15.3. The highest BCUT2D eigenvalue weighted by Gasteiger charge is 2.30.